The molecule has 0 heterocycles. The van der Waals surface area contributed by atoms with Gasteiger partial charge in [-0.3, -0.25) is 20.3 Å². The normalized spacial score (nSPS) is 13.9. The molecule has 0 aromatic heterocycles. The minimum absolute atomic E-state index is 0.277. The topological polar surface area (TPSA) is 120 Å². The van der Waals surface area contributed by atoms with Crippen molar-refractivity contribution in [3.63, 3.8) is 0 Å². The maximum absolute atomic E-state index is 15.1. The number of aliphatic carboxylic acids is 1. The van der Waals surface area contributed by atoms with Crippen LogP contribution in [0.15, 0.2) is 0 Å². The zero-order valence-corrected chi connectivity index (χ0v) is 15.4. The molecule has 0 fully saturated rings. The minimum atomic E-state index is -2.72. The second-order valence-corrected chi connectivity index (χ2v) is 6.68. The third-order valence-corrected chi connectivity index (χ3v) is 2.92. The molecule has 0 aliphatic heterocycles. The van der Waals surface area contributed by atoms with Crippen LogP contribution < -0.4 is 16.1 Å². The van der Waals surface area contributed by atoms with Gasteiger partial charge in [0, 0.05) is 13.5 Å². The largest absolute Gasteiger partial charge is 0.480 e. The van der Waals surface area contributed by atoms with Crippen LogP contribution in [0.25, 0.3) is 0 Å². The fourth-order valence-corrected chi connectivity index (χ4v) is 1.87. The molecule has 1 atom stereocenters. The van der Waals surface area contributed by atoms with Gasteiger partial charge in [-0.05, 0) is 47.2 Å². The predicted molar refractivity (Wildman–Crippen MR) is 89.4 cm³/mol. The zero-order chi connectivity index (χ0) is 19.7. The molecule has 0 aliphatic carbocycles. The van der Waals surface area contributed by atoms with E-state index in [-0.39, 0.29) is 6.42 Å². The number of alkyl carbamates (subject to hydrolysis) is 1. The first kappa shape index (κ1) is 23.1. The zero-order valence-electron chi connectivity index (χ0n) is 15.4. The van der Waals surface area contributed by atoms with Gasteiger partial charge in [0.2, 0.25) is 0 Å². The number of nitrogens with zero attached hydrogens (tertiary/aromatic N) is 1. The number of likely N-dealkylation sites (N-methyl/N-ethyl adjacent to an activating group) is 1. The number of carboxylic acids is 1. The van der Waals surface area contributed by atoms with Gasteiger partial charge in [-0.15, -0.1) is 0 Å². The van der Waals surface area contributed by atoms with Crippen LogP contribution in [-0.4, -0.2) is 66.7 Å². The van der Waals surface area contributed by atoms with Crippen LogP contribution in [0.1, 0.15) is 40.0 Å². The fraction of sp³-hybridized carbons (Fsp3) is 0.800. The number of hydrogen-bond acceptors (Lipinski definition) is 6. The molecule has 0 bridgehead atoms. The van der Waals surface area contributed by atoms with Crippen molar-refractivity contribution in [1.29, 1.82) is 0 Å². The van der Waals surface area contributed by atoms with Gasteiger partial charge >= 0.3 is 12.1 Å². The third-order valence-electron chi connectivity index (χ3n) is 2.92. The average molecular weight is 364 g/mol. The van der Waals surface area contributed by atoms with Crippen LogP contribution in [0.3, 0.4) is 0 Å². The summed E-state index contributed by atoms with van der Waals surface area (Å²) in [5.74, 6) is -5.07. The third kappa shape index (κ3) is 10.5. The standard InChI is InChI=1S/C15H29FN4O5/c1-14(2,3)25-13(24)18-15(16,8-6-7-9-17-4)12(23)19-20(5)10-11(21)22/h17H,6-10H2,1-5H3,(H,18,24)(H,19,23)(H,21,22). The molecule has 0 rings (SSSR count). The molecule has 2 amide bonds. The Morgan fingerprint density at radius 3 is 2.28 bits per heavy atom. The Balaban J connectivity index is 5.00. The van der Waals surface area contributed by atoms with Gasteiger partial charge in [0.05, 0.1) is 0 Å². The van der Waals surface area contributed by atoms with Crippen molar-refractivity contribution in [3.05, 3.63) is 0 Å². The van der Waals surface area contributed by atoms with E-state index in [1.165, 1.54) is 7.05 Å². The van der Waals surface area contributed by atoms with Gasteiger partial charge in [0.15, 0.2) is 0 Å². The molecular formula is C15H29FN4O5. The summed E-state index contributed by atoms with van der Waals surface area (Å²) in [5.41, 5.74) is 1.26. The Labute approximate surface area is 147 Å². The summed E-state index contributed by atoms with van der Waals surface area (Å²) < 4.78 is 20.1. The summed E-state index contributed by atoms with van der Waals surface area (Å²) in [7, 11) is 3.02. The molecule has 146 valence electrons. The van der Waals surface area contributed by atoms with Crippen LogP contribution in [0.4, 0.5) is 9.18 Å². The number of rotatable bonds is 10. The number of hydrogen-bond donors (Lipinski definition) is 4. The molecule has 9 nitrogen and oxygen atoms in total. The molecule has 0 saturated heterocycles. The van der Waals surface area contributed by atoms with Crippen molar-refractivity contribution in [2.75, 3.05) is 27.2 Å². The quantitative estimate of drug-likeness (QED) is 0.255. The highest BCUT2D eigenvalue weighted by Gasteiger charge is 2.41. The van der Waals surface area contributed by atoms with Gasteiger partial charge in [0.1, 0.15) is 12.1 Å². The number of unbranched alkanes of at least 4 members (excludes halogenated alkanes) is 1. The van der Waals surface area contributed by atoms with Crippen molar-refractivity contribution in [2.45, 2.75) is 51.4 Å². The van der Waals surface area contributed by atoms with E-state index >= 15 is 4.39 Å². The smallest absolute Gasteiger partial charge is 0.410 e. The maximum Gasteiger partial charge on any atom is 0.410 e. The lowest BCUT2D eigenvalue weighted by molar-refractivity contribution is -0.144. The SMILES string of the molecule is CNCCCCC(F)(NC(=O)OC(C)(C)C)C(=O)NN(C)CC(=O)O. The van der Waals surface area contributed by atoms with Gasteiger partial charge in [-0.2, -0.15) is 0 Å². The van der Waals surface area contributed by atoms with Gasteiger partial charge in [0.25, 0.3) is 11.7 Å². The summed E-state index contributed by atoms with van der Waals surface area (Å²) in [5, 5.41) is 14.5. The van der Waals surface area contributed by atoms with Crippen LogP contribution in [0.5, 0.6) is 0 Å². The number of nitrogens with one attached hydrogen (secondary N) is 3. The number of ether oxygens (including phenoxy) is 1. The Morgan fingerprint density at radius 2 is 1.80 bits per heavy atom. The molecule has 0 spiro atoms. The molecule has 0 aromatic carbocycles. The molecule has 4 N–H and O–H groups in total. The summed E-state index contributed by atoms with van der Waals surface area (Å²) in [4.78, 5) is 34.7. The van der Waals surface area contributed by atoms with E-state index in [2.05, 4.69) is 10.7 Å². The lowest BCUT2D eigenvalue weighted by Gasteiger charge is -2.29. The molecular weight excluding hydrogens is 335 g/mol. The summed E-state index contributed by atoms with van der Waals surface area (Å²) in [6.45, 7) is 4.94. The van der Waals surface area contributed by atoms with Crippen molar-refractivity contribution >= 4 is 18.0 Å². The molecule has 10 heteroatoms. The number of carbonyl (C=O) groups is 3. The molecule has 25 heavy (non-hydrogen) atoms. The van der Waals surface area contributed by atoms with E-state index < -0.39 is 35.9 Å². The minimum Gasteiger partial charge on any atom is -0.480 e. The Morgan fingerprint density at radius 1 is 1.20 bits per heavy atom. The lowest BCUT2D eigenvalue weighted by Crippen LogP contribution is -2.59. The van der Waals surface area contributed by atoms with E-state index in [0.717, 1.165) is 5.01 Å². The summed E-state index contributed by atoms with van der Waals surface area (Å²) >= 11 is 0. The van der Waals surface area contributed by atoms with Crippen LogP contribution in [0, 0.1) is 0 Å². The summed E-state index contributed by atoms with van der Waals surface area (Å²) in [6.07, 6.45) is -0.431. The molecule has 0 aliphatic rings. The van der Waals surface area contributed by atoms with Crippen LogP contribution in [-0.2, 0) is 14.3 Å². The van der Waals surface area contributed by atoms with Crippen molar-refractivity contribution in [3.8, 4) is 0 Å². The predicted octanol–water partition coefficient (Wildman–Crippen LogP) is 0.614. The number of carboxylic acid groups (broad SMARTS) is 1. The first-order valence-electron chi connectivity index (χ1n) is 7.98. The molecule has 1 unspecified atom stereocenters. The number of alkyl halides is 1. The fourth-order valence-electron chi connectivity index (χ4n) is 1.87. The van der Waals surface area contributed by atoms with Gasteiger partial charge < -0.3 is 15.2 Å². The van der Waals surface area contributed by atoms with Crippen molar-refractivity contribution in [2.24, 2.45) is 0 Å². The van der Waals surface area contributed by atoms with Crippen LogP contribution in [0.2, 0.25) is 0 Å². The number of halogens is 1. The highest BCUT2D eigenvalue weighted by atomic mass is 19.1. The van der Waals surface area contributed by atoms with E-state index in [0.29, 0.717) is 19.4 Å². The highest BCUT2D eigenvalue weighted by Crippen LogP contribution is 2.18. The lowest BCUT2D eigenvalue weighted by atomic mass is 10.1. The number of amides is 2. The molecule has 0 saturated carbocycles. The van der Waals surface area contributed by atoms with Crippen molar-refractivity contribution in [1.82, 2.24) is 21.1 Å². The monoisotopic (exact) mass is 364 g/mol. The average Bonchev–Trinajstić information content (AvgIpc) is 2.40. The first-order valence-corrected chi connectivity index (χ1v) is 7.98. The highest BCUT2D eigenvalue weighted by molar-refractivity contribution is 5.88. The van der Waals surface area contributed by atoms with Gasteiger partial charge in [-0.1, -0.05) is 0 Å². The molecule has 0 radical (unpaired) electrons. The van der Waals surface area contributed by atoms with E-state index in [4.69, 9.17) is 9.84 Å². The van der Waals surface area contributed by atoms with E-state index in [1.54, 1.807) is 27.8 Å². The Kier molecular flexibility index (Phi) is 9.35. The van der Waals surface area contributed by atoms with Crippen molar-refractivity contribution < 1.29 is 28.6 Å². The maximum atomic E-state index is 15.1. The summed E-state index contributed by atoms with van der Waals surface area (Å²) in [6, 6.07) is 0. The Bertz CT molecular complexity index is 469. The number of hydrazine groups is 1. The molecule has 0 aromatic rings. The second-order valence-electron chi connectivity index (χ2n) is 6.68. The second kappa shape index (κ2) is 10.1. The van der Waals surface area contributed by atoms with E-state index in [1.807, 2.05) is 5.32 Å². The number of carbonyl (C=O) groups excluding carboxylic acids is 2. The van der Waals surface area contributed by atoms with Crippen LogP contribution >= 0.6 is 0 Å². The Hall–Kier alpha value is -1.94. The van der Waals surface area contributed by atoms with E-state index in [9.17, 15) is 14.4 Å². The first-order chi connectivity index (χ1) is 11.4. The van der Waals surface area contributed by atoms with Gasteiger partial charge in [-0.25, -0.2) is 14.2 Å².